The SMILES string of the molecule is CCCNc1ncc(C)c(N(C)CC(F)F)n1. The van der Waals surface area contributed by atoms with E-state index >= 15 is 0 Å². The number of nitrogens with zero attached hydrogens (tertiary/aromatic N) is 3. The molecule has 0 atom stereocenters. The van der Waals surface area contributed by atoms with Gasteiger partial charge in [-0.15, -0.1) is 0 Å². The zero-order valence-electron chi connectivity index (χ0n) is 10.4. The van der Waals surface area contributed by atoms with Crippen LogP contribution >= 0.6 is 0 Å². The Morgan fingerprint density at radius 2 is 2.18 bits per heavy atom. The summed E-state index contributed by atoms with van der Waals surface area (Å²) >= 11 is 0. The first-order chi connectivity index (χ1) is 8.04. The quantitative estimate of drug-likeness (QED) is 0.833. The monoisotopic (exact) mass is 244 g/mol. The van der Waals surface area contributed by atoms with Crippen molar-refractivity contribution in [2.75, 3.05) is 30.4 Å². The number of aryl methyl sites for hydroxylation is 1. The summed E-state index contributed by atoms with van der Waals surface area (Å²) in [6, 6.07) is 0. The summed E-state index contributed by atoms with van der Waals surface area (Å²) in [5.41, 5.74) is 0.787. The first-order valence-electron chi connectivity index (χ1n) is 5.61. The number of nitrogens with one attached hydrogen (secondary N) is 1. The standard InChI is InChI=1S/C11H18F2N4/c1-4-5-14-11-15-6-8(2)10(16-11)17(3)7-9(12)13/h6,9H,4-5,7H2,1-3H3,(H,14,15,16). The minimum absolute atomic E-state index is 0.328. The Bertz CT molecular complexity index is 357. The van der Waals surface area contributed by atoms with Crippen molar-refractivity contribution in [3.8, 4) is 0 Å². The molecule has 0 bridgehead atoms. The molecule has 6 heteroatoms. The summed E-state index contributed by atoms with van der Waals surface area (Å²) in [5, 5.41) is 3.03. The molecule has 0 aromatic carbocycles. The number of hydrogen-bond donors (Lipinski definition) is 1. The Morgan fingerprint density at radius 3 is 2.76 bits per heavy atom. The molecule has 1 aromatic heterocycles. The van der Waals surface area contributed by atoms with Crippen LogP contribution in [0.1, 0.15) is 18.9 Å². The van der Waals surface area contributed by atoms with Crippen molar-refractivity contribution in [2.24, 2.45) is 0 Å². The third-order valence-electron chi connectivity index (χ3n) is 2.25. The van der Waals surface area contributed by atoms with Gasteiger partial charge in [0, 0.05) is 25.4 Å². The van der Waals surface area contributed by atoms with Gasteiger partial charge in [-0.3, -0.25) is 0 Å². The van der Waals surface area contributed by atoms with E-state index in [9.17, 15) is 8.78 Å². The zero-order chi connectivity index (χ0) is 12.8. The van der Waals surface area contributed by atoms with Crippen molar-refractivity contribution >= 4 is 11.8 Å². The van der Waals surface area contributed by atoms with Gasteiger partial charge in [0.15, 0.2) is 0 Å². The van der Waals surface area contributed by atoms with E-state index < -0.39 is 6.43 Å². The van der Waals surface area contributed by atoms with Crippen molar-refractivity contribution < 1.29 is 8.78 Å². The van der Waals surface area contributed by atoms with Gasteiger partial charge in [0.2, 0.25) is 5.95 Å². The molecule has 0 amide bonds. The predicted octanol–water partition coefficient (Wildman–Crippen LogP) is 2.31. The lowest BCUT2D eigenvalue weighted by Gasteiger charge is -2.20. The maximum Gasteiger partial charge on any atom is 0.255 e. The van der Waals surface area contributed by atoms with E-state index in [-0.39, 0.29) is 6.54 Å². The molecule has 0 aliphatic carbocycles. The van der Waals surface area contributed by atoms with Crippen molar-refractivity contribution in [2.45, 2.75) is 26.7 Å². The lowest BCUT2D eigenvalue weighted by atomic mass is 10.3. The van der Waals surface area contributed by atoms with E-state index in [1.54, 1.807) is 20.2 Å². The molecule has 0 saturated heterocycles. The van der Waals surface area contributed by atoms with Gasteiger partial charge in [-0.25, -0.2) is 13.8 Å². The minimum atomic E-state index is -2.37. The highest BCUT2D eigenvalue weighted by Crippen LogP contribution is 2.17. The highest BCUT2D eigenvalue weighted by molar-refractivity contribution is 5.48. The molecular formula is C11H18F2N4. The summed E-state index contributed by atoms with van der Waals surface area (Å²) in [6.45, 7) is 4.28. The van der Waals surface area contributed by atoms with Crippen LogP contribution in [0, 0.1) is 6.92 Å². The van der Waals surface area contributed by atoms with Crippen LogP contribution in [0.3, 0.4) is 0 Å². The molecule has 96 valence electrons. The molecule has 0 fully saturated rings. The van der Waals surface area contributed by atoms with Gasteiger partial charge in [-0.2, -0.15) is 4.98 Å². The highest BCUT2D eigenvalue weighted by atomic mass is 19.3. The van der Waals surface area contributed by atoms with E-state index in [0.29, 0.717) is 11.8 Å². The third kappa shape index (κ3) is 4.13. The summed E-state index contributed by atoms with van der Waals surface area (Å²) < 4.78 is 24.6. The molecule has 1 heterocycles. The molecule has 0 saturated carbocycles. The number of rotatable bonds is 6. The fourth-order valence-corrected chi connectivity index (χ4v) is 1.43. The van der Waals surface area contributed by atoms with Gasteiger partial charge in [0.1, 0.15) is 5.82 Å². The second-order valence-corrected chi connectivity index (χ2v) is 3.90. The number of hydrogen-bond acceptors (Lipinski definition) is 4. The van der Waals surface area contributed by atoms with Gasteiger partial charge in [-0.1, -0.05) is 6.92 Å². The lowest BCUT2D eigenvalue weighted by Crippen LogP contribution is -2.26. The van der Waals surface area contributed by atoms with Crippen LogP contribution in [0.2, 0.25) is 0 Å². The van der Waals surface area contributed by atoms with Crippen molar-refractivity contribution in [3.05, 3.63) is 11.8 Å². The second kappa shape index (κ2) is 6.32. The van der Waals surface area contributed by atoms with Crippen LogP contribution in [-0.2, 0) is 0 Å². The Morgan fingerprint density at radius 1 is 1.47 bits per heavy atom. The zero-order valence-corrected chi connectivity index (χ0v) is 10.4. The summed E-state index contributed by atoms with van der Waals surface area (Å²) in [5.74, 6) is 1.02. The molecule has 4 nitrogen and oxygen atoms in total. The molecular weight excluding hydrogens is 226 g/mol. The van der Waals surface area contributed by atoms with E-state index in [1.807, 2.05) is 6.92 Å². The molecule has 17 heavy (non-hydrogen) atoms. The van der Waals surface area contributed by atoms with Gasteiger partial charge in [-0.05, 0) is 13.3 Å². The molecule has 0 spiro atoms. The number of halogens is 2. The highest BCUT2D eigenvalue weighted by Gasteiger charge is 2.13. The van der Waals surface area contributed by atoms with Crippen LogP contribution < -0.4 is 10.2 Å². The Kier molecular flexibility index (Phi) is 5.06. The topological polar surface area (TPSA) is 41.1 Å². The molecule has 0 radical (unpaired) electrons. The van der Waals surface area contributed by atoms with Crippen LogP contribution in [0.5, 0.6) is 0 Å². The fraction of sp³-hybridized carbons (Fsp3) is 0.636. The molecule has 0 aliphatic rings. The summed E-state index contributed by atoms with van der Waals surface area (Å²) in [6.07, 6.45) is 0.225. The maximum atomic E-state index is 12.3. The maximum absolute atomic E-state index is 12.3. The average Bonchev–Trinajstić information content (AvgIpc) is 2.27. The van der Waals surface area contributed by atoms with Crippen LogP contribution in [0.4, 0.5) is 20.5 Å². The van der Waals surface area contributed by atoms with Crippen LogP contribution in [0.15, 0.2) is 6.20 Å². The molecule has 0 aliphatic heterocycles. The van der Waals surface area contributed by atoms with Gasteiger partial charge in [0.05, 0.1) is 6.54 Å². The molecule has 1 rings (SSSR count). The minimum Gasteiger partial charge on any atom is -0.354 e. The lowest BCUT2D eigenvalue weighted by molar-refractivity contribution is 0.156. The number of alkyl halides is 2. The van der Waals surface area contributed by atoms with Gasteiger partial charge >= 0.3 is 0 Å². The van der Waals surface area contributed by atoms with Crippen LogP contribution in [-0.4, -0.2) is 36.5 Å². The first-order valence-corrected chi connectivity index (χ1v) is 5.61. The summed E-state index contributed by atoms with van der Waals surface area (Å²) in [4.78, 5) is 9.78. The van der Waals surface area contributed by atoms with E-state index in [2.05, 4.69) is 15.3 Å². The fourth-order valence-electron chi connectivity index (χ4n) is 1.43. The van der Waals surface area contributed by atoms with Crippen molar-refractivity contribution in [1.82, 2.24) is 9.97 Å². The normalized spacial score (nSPS) is 10.7. The Balaban J connectivity index is 2.81. The summed E-state index contributed by atoms with van der Waals surface area (Å²) in [7, 11) is 1.60. The van der Waals surface area contributed by atoms with Gasteiger partial charge in [0.25, 0.3) is 6.43 Å². The Labute approximate surface area is 100 Å². The molecule has 0 unspecified atom stereocenters. The van der Waals surface area contributed by atoms with E-state index in [0.717, 1.165) is 18.5 Å². The second-order valence-electron chi connectivity index (χ2n) is 3.90. The smallest absolute Gasteiger partial charge is 0.255 e. The number of anilines is 2. The molecule has 1 N–H and O–H groups in total. The van der Waals surface area contributed by atoms with E-state index in [1.165, 1.54) is 4.90 Å². The Hall–Kier alpha value is -1.46. The van der Waals surface area contributed by atoms with Crippen molar-refractivity contribution in [3.63, 3.8) is 0 Å². The third-order valence-corrected chi connectivity index (χ3v) is 2.25. The predicted molar refractivity (Wildman–Crippen MR) is 64.8 cm³/mol. The first kappa shape index (κ1) is 13.6. The number of aromatic nitrogens is 2. The van der Waals surface area contributed by atoms with Gasteiger partial charge < -0.3 is 10.2 Å². The molecule has 1 aromatic rings. The largest absolute Gasteiger partial charge is 0.354 e. The van der Waals surface area contributed by atoms with E-state index in [4.69, 9.17) is 0 Å². The average molecular weight is 244 g/mol. The van der Waals surface area contributed by atoms with Crippen LogP contribution in [0.25, 0.3) is 0 Å². The van der Waals surface area contributed by atoms with Crippen molar-refractivity contribution in [1.29, 1.82) is 0 Å².